The molecule has 1 fully saturated rings. The lowest BCUT2D eigenvalue weighted by atomic mass is 9.91. The van der Waals surface area contributed by atoms with Crippen LogP contribution in [0.3, 0.4) is 0 Å². The van der Waals surface area contributed by atoms with Crippen LogP contribution in [0, 0.1) is 0 Å². The van der Waals surface area contributed by atoms with Crippen LogP contribution in [0.15, 0.2) is 53.4 Å². The van der Waals surface area contributed by atoms with Crippen molar-refractivity contribution in [3.05, 3.63) is 59.7 Å². The van der Waals surface area contributed by atoms with Gasteiger partial charge < -0.3 is 10.2 Å². The van der Waals surface area contributed by atoms with Gasteiger partial charge in [0, 0.05) is 25.7 Å². The number of carbonyl (C=O) groups excluding carboxylic acids is 2. The van der Waals surface area contributed by atoms with Crippen molar-refractivity contribution in [2.24, 2.45) is 0 Å². The highest BCUT2D eigenvalue weighted by molar-refractivity contribution is 7.89. The molecule has 146 valence electrons. The highest BCUT2D eigenvalue weighted by Gasteiger charge is 2.41. The van der Waals surface area contributed by atoms with Gasteiger partial charge in [-0.2, -0.15) is 4.31 Å². The normalized spacial score (nSPS) is 19.7. The van der Waals surface area contributed by atoms with Crippen LogP contribution in [-0.2, 0) is 26.0 Å². The zero-order valence-corrected chi connectivity index (χ0v) is 16.3. The fourth-order valence-corrected chi connectivity index (χ4v) is 5.29. The average Bonchev–Trinajstić information content (AvgIpc) is 2.67. The maximum atomic E-state index is 13.1. The van der Waals surface area contributed by atoms with Crippen LogP contribution in [0.25, 0.3) is 0 Å². The highest BCUT2D eigenvalue weighted by atomic mass is 32.2. The van der Waals surface area contributed by atoms with E-state index in [9.17, 15) is 18.0 Å². The van der Waals surface area contributed by atoms with E-state index in [1.54, 1.807) is 17.0 Å². The summed E-state index contributed by atoms with van der Waals surface area (Å²) in [7, 11) is -3.82. The number of hydrogen-bond donors (Lipinski definition) is 1. The van der Waals surface area contributed by atoms with E-state index in [0.29, 0.717) is 12.2 Å². The second-order valence-electron chi connectivity index (χ2n) is 7.05. The second-order valence-corrected chi connectivity index (χ2v) is 8.99. The van der Waals surface area contributed by atoms with Crippen molar-refractivity contribution >= 4 is 27.5 Å². The van der Waals surface area contributed by atoms with Crippen molar-refractivity contribution in [2.45, 2.75) is 24.3 Å². The van der Waals surface area contributed by atoms with Gasteiger partial charge in [-0.05, 0) is 41.8 Å². The molecule has 7 nitrogen and oxygen atoms in total. The van der Waals surface area contributed by atoms with Gasteiger partial charge in [0.05, 0.1) is 17.5 Å². The zero-order valence-electron chi connectivity index (χ0n) is 15.5. The Kier molecular flexibility index (Phi) is 4.68. The molecule has 2 heterocycles. The van der Waals surface area contributed by atoms with Crippen LogP contribution in [0.2, 0.25) is 0 Å². The first-order valence-electron chi connectivity index (χ1n) is 9.11. The van der Waals surface area contributed by atoms with Crippen LogP contribution in [0.1, 0.15) is 24.1 Å². The van der Waals surface area contributed by atoms with Gasteiger partial charge in [-0.3, -0.25) is 9.59 Å². The molecular weight excluding hydrogens is 378 g/mol. The Labute approximate surface area is 164 Å². The fourth-order valence-electron chi connectivity index (χ4n) is 3.89. The molecule has 0 bridgehead atoms. The van der Waals surface area contributed by atoms with Crippen molar-refractivity contribution < 1.29 is 18.0 Å². The largest absolute Gasteiger partial charge is 0.333 e. The topological polar surface area (TPSA) is 86.8 Å². The molecule has 2 aliphatic heterocycles. The number of rotatable bonds is 3. The van der Waals surface area contributed by atoms with Crippen LogP contribution in [0.4, 0.5) is 5.69 Å². The van der Waals surface area contributed by atoms with E-state index in [0.717, 1.165) is 17.5 Å². The molecule has 0 unspecified atom stereocenters. The maximum Gasteiger partial charge on any atom is 0.243 e. The Morgan fingerprint density at radius 3 is 2.54 bits per heavy atom. The Morgan fingerprint density at radius 1 is 1.11 bits per heavy atom. The number of hydrogen-bond acceptors (Lipinski definition) is 4. The minimum Gasteiger partial charge on any atom is -0.333 e. The standard InChI is InChI=1S/C20H21N3O4S/c1-14(24)21-16-6-8-17(9-7-16)28(26,27)22-12-19-18-5-3-2-4-15(18)10-11-23(19)20(25)13-22/h2-9,19H,10-13H2,1H3,(H,21,24)/t19-/m1/s1. The Hall–Kier alpha value is -2.71. The minimum absolute atomic E-state index is 0.104. The molecule has 0 radical (unpaired) electrons. The molecule has 0 spiro atoms. The first kappa shape index (κ1) is 18.6. The van der Waals surface area contributed by atoms with E-state index in [1.807, 2.05) is 24.3 Å². The predicted octanol–water partition coefficient (Wildman–Crippen LogP) is 1.78. The summed E-state index contributed by atoms with van der Waals surface area (Å²) in [6.45, 7) is 2.07. The van der Waals surface area contributed by atoms with Crippen LogP contribution < -0.4 is 5.32 Å². The molecule has 2 aliphatic rings. The van der Waals surface area contributed by atoms with E-state index in [1.165, 1.54) is 23.4 Å². The summed E-state index contributed by atoms with van der Waals surface area (Å²) < 4.78 is 27.5. The number of amides is 2. The van der Waals surface area contributed by atoms with Crippen molar-refractivity contribution in [1.82, 2.24) is 9.21 Å². The summed E-state index contributed by atoms with van der Waals surface area (Å²) in [5, 5.41) is 2.61. The number of anilines is 1. The van der Waals surface area contributed by atoms with Crippen LogP contribution in [0.5, 0.6) is 0 Å². The van der Waals surface area contributed by atoms with Gasteiger partial charge in [-0.15, -0.1) is 0 Å². The first-order chi connectivity index (χ1) is 13.4. The number of sulfonamides is 1. The molecule has 2 amide bonds. The van der Waals surface area contributed by atoms with E-state index < -0.39 is 10.0 Å². The van der Waals surface area contributed by atoms with Gasteiger partial charge in [0.25, 0.3) is 0 Å². The molecule has 0 aromatic heterocycles. The third kappa shape index (κ3) is 3.29. The SMILES string of the molecule is CC(=O)Nc1ccc(S(=O)(=O)N2CC(=O)N3CCc4ccccc4[C@H]3C2)cc1. The van der Waals surface area contributed by atoms with Crippen LogP contribution in [-0.4, -0.2) is 49.1 Å². The molecule has 0 aliphatic carbocycles. The quantitative estimate of drug-likeness (QED) is 0.852. The van der Waals surface area contributed by atoms with Gasteiger partial charge >= 0.3 is 0 Å². The lowest BCUT2D eigenvalue weighted by Crippen LogP contribution is -2.55. The molecule has 1 atom stereocenters. The molecule has 28 heavy (non-hydrogen) atoms. The minimum atomic E-state index is -3.82. The number of piperazine rings is 1. The van der Waals surface area contributed by atoms with E-state index in [-0.39, 0.29) is 35.8 Å². The van der Waals surface area contributed by atoms with Gasteiger partial charge in [0.1, 0.15) is 0 Å². The summed E-state index contributed by atoms with van der Waals surface area (Å²) in [5.74, 6) is -0.405. The summed E-state index contributed by atoms with van der Waals surface area (Å²) in [4.78, 5) is 25.7. The number of carbonyl (C=O) groups is 2. The highest BCUT2D eigenvalue weighted by Crippen LogP contribution is 2.34. The zero-order chi connectivity index (χ0) is 19.9. The molecule has 2 aromatic rings. The third-order valence-electron chi connectivity index (χ3n) is 5.23. The monoisotopic (exact) mass is 399 g/mol. The third-order valence-corrected chi connectivity index (χ3v) is 7.06. The number of nitrogens with one attached hydrogen (secondary N) is 1. The van der Waals surface area contributed by atoms with Gasteiger partial charge in [0.2, 0.25) is 21.8 Å². The molecule has 8 heteroatoms. The molecule has 0 saturated carbocycles. The Bertz CT molecular complexity index is 1030. The second kappa shape index (κ2) is 7.03. The fraction of sp³-hybridized carbons (Fsp3) is 0.300. The smallest absolute Gasteiger partial charge is 0.243 e. The number of fused-ring (bicyclic) bond motifs is 3. The molecule has 1 N–H and O–H groups in total. The summed E-state index contributed by atoms with van der Waals surface area (Å²) in [6.07, 6.45) is 0.787. The van der Waals surface area contributed by atoms with Crippen molar-refractivity contribution in [3.8, 4) is 0 Å². The number of benzene rings is 2. The maximum absolute atomic E-state index is 13.1. The van der Waals surface area contributed by atoms with E-state index in [4.69, 9.17) is 0 Å². The molecule has 2 aromatic carbocycles. The van der Waals surface area contributed by atoms with Gasteiger partial charge in [-0.1, -0.05) is 24.3 Å². The Morgan fingerprint density at radius 2 is 1.82 bits per heavy atom. The van der Waals surface area contributed by atoms with Crippen molar-refractivity contribution in [2.75, 3.05) is 25.0 Å². The van der Waals surface area contributed by atoms with Gasteiger partial charge in [0.15, 0.2) is 0 Å². The average molecular weight is 399 g/mol. The predicted molar refractivity (Wildman–Crippen MR) is 104 cm³/mol. The van der Waals surface area contributed by atoms with Crippen LogP contribution >= 0.6 is 0 Å². The number of nitrogens with zero attached hydrogens (tertiary/aromatic N) is 2. The van der Waals surface area contributed by atoms with Crippen molar-refractivity contribution in [3.63, 3.8) is 0 Å². The first-order valence-corrected chi connectivity index (χ1v) is 10.6. The Balaban J connectivity index is 1.62. The lowest BCUT2D eigenvalue weighted by molar-refractivity contribution is -0.138. The van der Waals surface area contributed by atoms with Crippen molar-refractivity contribution in [1.29, 1.82) is 0 Å². The lowest BCUT2D eigenvalue weighted by Gasteiger charge is -2.44. The molecule has 4 rings (SSSR count). The van der Waals surface area contributed by atoms with E-state index in [2.05, 4.69) is 5.32 Å². The molecule has 1 saturated heterocycles. The summed E-state index contributed by atoms with van der Waals surface area (Å²) in [5.41, 5.74) is 2.70. The molecular formula is C20H21N3O4S. The van der Waals surface area contributed by atoms with Gasteiger partial charge in [-0.25, -0.2) is 8.42 Å². The summed E-state index contributed by atoms with van der Waals surface area (Å²) >= 11 is 0. The summed E-state index contributed by atoms with van der Waals surface area (Å²) in [6, 6.07) is 13.6. The van der Waals surface area contributed by atoms with E-state index >= 15 is 0 Å².